The lowest BCUT2D eigenvalue weighted by molar-refractivity contribution is -0.138. The van der Waals surface area contributed by atoms with E-state index in [0.29, 0.717) is 17.5 Å². The molecule has 3 aromatic rings. The van der Waals surface area contributed by atoms with Crippen LogP contribution in [0.15, 0.2) is 30.7 Å². The van der Waals surface area contributed by atoms with E-state index in [9.17, 15) is 22.0 Å². The van der Waals surface area contributed by atoms with Crippen LogP contribution in [-0.4, -0.2) is 56.8 Å². The molecule has 0 bridgehead atoms. The van der Waals surface area contributed by atoms with Crippen LogP contribution in [0.4, 0.5) is 27.9 Å². The number of piperidine rings is 1. The zero-order valence-corrected chi connectivity index (χ0v) is 17.1. The average molecular weight is 456 g/mol. The number of fused-ring (bicyclic) bond motifs is 1. The van der Waals surface area contributed by atoms with Crippen LogP contribution in [0.3, 0.4) is 0 Å². The molecule has 1 atom stereocenters. The van der Waals surface area contributed by atoms with Crippen LogP contribution in [0.5, 0.6) is 5.75 Å². The summed E-state index contributed by atoms with van der Waals surface area (Å²) in [6.07, 6.45) is 0.189. The van der Waals surface area contributed by atoms with Crippen molar-refractivity contribution in [2.24, 2.45) is 0 Å². The molecule has 172 valence electrons. The van der Waals surface area contributed by atoms with Gasteiger partial charge in [0.1, 0.15) is 17.8 Å². The third-order valence-electron chi connectivity index (χ3n) is 5.42. The number of anilines is 1. The molecule has 2 aromatic heterocycles. The van der Waals surface area contributed by atoms with Crippen LogP contribution >= 0.6 is 0 Å². The number of nitrogens with zero attached hydrogens (tertiary/aromatic N) is 5. The first-order valence-corrected chi connectivity index (χ1v) is 10.1. The van der Waals surface area contributed by atoms with Crippen molar-refractivity contribution in [2.45, 2.75) is 38.6 Å². The van der Waals surface area contributed by atoms with Crippen LogP contribution in [0.25, 0.3) is 16.8 Å². The molecule has 1 fully saturated rings. The van der Waals surface area contributed by atoms with Crippen molar-refractivity contribution in [3.63, 3.8) is 0 Å². The van der Waals surface area contributed by atoms with E-state index in [1.165, 1.54) is 12.5 Å². The Bertz CT molecular complexity index is 1090. The third-order valence-corrected chi connectivity index (χ3v) is 5.42. The lowest BCUT2D eigenvalue weighted by atomic mass is 10.1. The van der Waals surface area contributed by atoms with E-state index in [-0.39, 0.29) is 17.3 Å². The van der Waals surface area contributed by atoms with Crippen molar-refractivity contribution in [1.29, 1.82) is 0 Å². The van der Waals surface area contributed by atoms with Crippen molar-refractivity contribution in [2.75, 3.05) is 25.0 Å². The zero-order valence-electron chi connectivity index (χ0n) is 17.1. The first kappa shape index (κ1) is 22.2. The Morgan fingerprint density at radius 2 is 2.06 bits per heavy atom. The second kappa shape index (κ2) is 8.85. The van der Waals surface area contributed by atoms with Crippen LogP contribution in [0.2, 0.25) is 0 Å². The van der Waals surface area contributed by atoms with Gasteiger partial charge in [-0.25, -0.2) is 4.98 Å². The molecule has 0 radical (unpaired) electrons. The first-order valence-electron chi connectivity index (χ1n) is 10.1. The third kappa shape index (κ3) is 4.59. The summed E-state index contributed by atoms with van der Waals surface area (Å²) in [5.41, 5.74) is -0.677. The molecule has 4 rings (SSSR count). The molecule has 0 spiro atoms. The maximum atomic E-state index is 13.1. The molecule has 1 aliphatic rings. The van der Waals surface area contributed by atoms with Gasteiger partial charge in [0.15, 0.2) is 0 Å². The van der Waals surface area contributed by atoms with Crippen molar-refractivity contribution < 1.29 is 26.7 Å². The Hall–Kier alpha value is -3.02. The fraction of sp³-hybridized carbons (Fsp3) is 0.450. The van der Waals surface area contributed by atoms with Gasteiger partial charge in [-0.3, -0.25) is 4.40 Å². The molecule has 0 saturated carbocycles. The SMILES string of the molecule is CCN1CCC[C@@H](Nc2nnc(-c3ccc(C(F)(F)F)cc3OC(F)F)c3cncn23)C1. The molecular weight excluding hydrogens is 435 g/mol. The van der Waals surface area contributed by atoms with Crippen molar-refractivity contribution in [1.82, 2.24) is 24.5 Å². The molecule has 0 amide bonds. The Balaban J connectivity index is 1.72. The highest BCUT2D eigenvalue weighted by Crippen LogP contribution is 2.38. The Kier molecular flexibility index (Phi) is 6.13. The average Bonchev–Trinajstić information content (AvgIpc) is 3.24. The van der Waals surface area contributed by atoms with Gasteiger partial charge in [0.25, 0.3) is 0 Å². The monoisotopic (exact) mass is 456 g/mol. The highest BCUT2D eigenvalue weighted by atomic mass is 19.4. The number of likely N-dealkylation sites (tertiary alicyclic amines) is 1. The molecule has 1 aromatic carbocycles. The summed E-state index contributed by atoms with van der Waals surface area (Å²) in [6, 6.07) is 2.50. The van der Waals surface area contributed by atoms with Gasteiger partial charge in [-0.05, 0) is 44.1 Å². The normalized spacial score (nSPS) is 17.8. The zero-order chi connectivity index (χ0) is 22.9. The van der Waals surface area contributed by atoms with Gasteiger partial charge in [-0.1, -0.05) is 6.92 Å². The Morgan fingerprint density at radius 1 is 1.25 bits per heavy atom. The number of halogens is 5. The lowest BCUT2D eigenvalue weighted by Crippen LogP contribution is -2.42. The molecule has 7 nitrogen and oxygen atoms in total. The summed E-state index contributed by atoms with van der Waals surface area (Å²) in [5.74, 6) is -0.230. The molecular formula is C20H21F5N6O. The van der Waals surface area contributed by atoms with E-state index < -0.39 is 24.1 Å². The van der Waals surface area contributed by atoms with Crippen LogP contribution in [-0.2, 0) is 6.18 Å². The van der Waals surface area contributed by atoms with E-state index in [4.69, 9.17) is 0 Å². The molecule has 1 aliphatic heterocycles. The van der Waals surface area contributed by atoms with Crippen LogP contribution < -0.4 is 10.1 Å². The van der Waals surface area contributed by atoms with Gasteiger partial charge < -0.3 is 15.0 Å². The van der Waals surface area contributed by atoms with Gasteiger partial charge in [0.05, 0.1) is 17.3 Å². The van der Waals surface area contributed by atoms with Crippen molar-refractivity contribution >= 4 is 11.5 Å². The van der Waals surface area contributed by atoms with Gasteiger partial charge >= 0.3 is 12.8 Å². The maximum absolute atomic E-state index is 13.1. The highest BCUT2D eigenvalue weighted by molar-refractivity contribution is 5.81. The molecule has 1 saturated heterocycles. The summed E-state index contributed by atoms with van der Waals surface area (Å²) < 4.78 is 71.0. The fourth-order valence-corrected chi connectivity index (χ4v) is 3.86. The van der Waals surface area contributed by atoms with Gasteiger partial charge in [0, 0.05) is 18.2 Å². The minimum absolute atomic E-state index is 0.0438. The summed E-state index contributed by atoms with van der Waals surface area (Å²) >= 11 is 0. The number of hydrogen-bond acceptors (Lipinski definition) is 6. The first-order chi connectivity index (χ1) is 15.3. The summed E-state index contributed by atoms with van der Waals surface area (Å²) in [4.78, 5) is 6.39. The topological polar surface area (TPSA) is 67.6 Å². The predicted molar refractivity (Wildman–Crippen MR) is 107 cm³/mol. The second-order valence-corrected chi connectivity index (χ2v) is 7.49. The van der Waals surface area contributed by atoms with Gasteiger partial charge in [-0.15, -0.1) is 10.2 Å². The smallest absolute Gasteiger partial charge is 0.416 e. The second-order valence-electron chi connectivity index (χ2n) is 7.49. The van der Waals surface area contributed by atoms with Crippen molar-refractivity contribution in [3.05, 3.63) is 36.3 Å². The van der Waals surface area contributed by atoms with Crippen molar-refractivity contribution in [3.8, 4) is 17.0 Å². The number of imidazole rings is 1. The summed E-state index contributed by atoms with van der Waals surface area (Å²) in [6.45, 7) is 1.58. The molecule has 0 unspecified atom stereocenters. The Labute approximate surface area is 180 Å². The number of ether oxygens (including phenoxy) is 1. The fourth-order valence-electron chi connectivity index (χ4n) is 3.86. The molecule has 32 heavy (non-hydrogen) atoms. The molecule has 0 aliphatic carbocycles. The summed E-state index contributed by atoms with van der Waals surface area (Å²) in [7, 11) is 0. The Morgan fingerprint density at radius 3 is 2.78 bits per heavy atom. The lowest BCUT2D eigenvalue weighted by Gasteiger charge is -2.32. The number of hydrogen-bond donors (Lipinski definition) is 1. The molecule has 3 heterocycles. The van der Waals surface area contributed by atoms with Crippen LogP contribution in [0.1, 0.15) is 25.3 Å². The minimum atomic E-state index is -4.71. The maximum Gasteiger partial charge on any atom is 0.416 e. The van der Waals surface area contributed by atoms with Crippen LogP contribution in [0, 0.1) is 0 Å². The molecule has 1 N–H and O–H groups in total. The summed E-state index contributed by atoms with van der Waals surface area (Å²) in [5, 5.41) is 11.6. The molecule has 12 heteroatoms. The van der Waals surface area contributed by atoms with E-state index >= 15 is 0 Å². The van der Waals surface area contributed by atoms with Gasteiger partial charge in [0.2, 0.25) is 5.95 Å². The number of aromatic nitrogens is 4. The van der Waals surface area contributed by atoms with Gasteiger partial charge in [-0.2, -0.15) is 22.0 Å². The van der Waals surface area contributed by atoms with E-state index in [1.54, 1.807) is 4.40 Å². The number of alkyl halides is 5. The number of benzene rings is 1. The predicted octanol–water partition coefficient (Wildman–Crippen LogP) is 4.31. The quantitative estimate of drug-likeness (QED) is 0.558. The van der Waals surface area contributed by atoms with E-state index in [2.05, 4.69) is 37.1 Å². The number of rotatable bonds is 6. The minimum Gasteiger partial charge on any atom is -0.434 e. The largest absolute Gasteiger partial charge is 0.434 e. The number of likely N-dealkylation sites (N-methyl/N-ethyl adjacent to an activating group) is 1. The highest BCUT2D eigenvalue weighted by Gasteiger charge is 2.32. The number of nitrogens with one attached hydrogen (secondary N) is 1. The van der Waals surface area contributed by atoms with E-state index in [1.807, 2.05) is 0 Å². The van der Waals surface area contributed by atoms with E-state index in [0.717, 1.165) is 44.6 Å². The standard InChI is InChI=1S/C20H21F5N6O/c1-2-30-7-3-4-13(10-30)27-19-29-28-17(15-9-26-11-31(15)19)14-6-5-12(20(23,24)25)8-16(14)32-18(21)22/h5-6,8-9,11,13,18H,2-4,7,10H2,1H3,(H,27,29)/t13-/m1/s1.